The maximum absolute atomic E-state index is 11.1. The van der Waals surface area contributed by atoms with Crippen molar-refractivity contribution in [2.75, 3.05) is 13.2 Å². The second-order valence-electron chi connectivity index (χ2n) is 4.79. The number of esters is 1. The molecule has 0 amide bonds. The summed E-state index contributed by atoms with van der Waals surface area (Å²) in [5.74, 6) is -0.342. The number of hydrogen-bond acceptors (Lipinski definition) is 5. The third-order valence-electron chi connectivity index (χ3n) is 3.43. The second-order valence-corrected chi connectivity index (χ2v) is 4.79. The minimum atomic E-state index is -0.673. The fourth-order valence-electron chi connectivity index (χ4n) is 2.62. The number of aliphatic hydroxyl groups is 1. The molecule has 2 heterocycles. The zero-order valence-corrected chi connectivity index (χ0v) is 10.2. The predicted octanol–water partition coefficient (Wildman–Crippen LogP) is 0.210. The second kappa shape index (κ2) is 5.80. The molecule has 2 fully saturated rings. The highest BCUT2D eigenvalue weighted by Crippen LogP contribution is 2.34. The van der Waals surface area contributed by atoms with Crippen molar-refractivity contribution in [2.45, 2.75) is 57.0 Å². The SMILES string of the molecule is CCOC(=O)CC(O)CNC1CC2CCC1O2. The molecule has 0 aromatic heterocycles. The largest absolute Gasteiger partial charge is 0.466 e. The maximum Gasteiger partial charge on any atom is 0.308 e. The first-order chi connectivity index (χ1) is 8.19. The van der Waals surface area contributed by atoms with Crippen molar-refractivity contribution >= 4 is 5.97 Å². The highest BCUT2D eigenvalue weighted by Gasteiger charge is 2.40. The molecule has 4 unspecified atom stereocenters. The Morgan fingerprint density at radius 3 is 3.00 bits per heavy atom. The van der Waals surface area contributed by atoms with Crippen molar-refractivity contribution in [1.29, 1.82) is 0 Å². The van der Waals surface area contributed by atoms with E-state index in [1.807, 2.05) is 0 Å². The van der Waals surface area contributed by atoms with Crippen LogP contribution in [0, 0.1) is 0 Å². The summed E-state index contributed by atoms with van der Waals surface area (Å²) < 4.78 is 10.5. The van der Waals surface area contributed by atoms with Gasteiger partial charge in [0.1, 0.15) is 0 Å². The van der Waals surface area contributed by atoms with Crippen LogP contribution in [-0.2, 0) is 14.3 Å². The van der Waals surface area contributed by atoms with E-state index in [-0.39, 0.29) is 12.4 Å². The molecular weight excluding hydrogens is 222 g/mol. The van der Waals surface area contributed by atoms with E-state index in [0.29, 0.717) is 31.4 Å². The number of rotatable bonds is 6. The predicted molar refractivity (Wildman–Crippen MR) is 61.6 cm³/mol. The summed E-state index contributed by atoms with van der Waals surface area (Å²) in [6.07, 6.45) is 3.38. The van der Waals surface area contributed by atoms with Crippen molar-refractivity contribution in [1.82, 2.24) is 5.32 Å². The third-order valence-corrected chi connectivity index (χ3v) is 3.43. The van der Waals surface area contributed by atoms with Crippen LogP contribution in [0.3, 0.4) is 0 Å². The van der Waals surface area contributed by atoms with Gasteiger partial charge in [0.25, 0.3) is 0 Å². The van der Waals surface area contributed by atoms with E-state index >= 15 is 0 Å². The number of nitrogens with one attached hydrogen (secondary N) is 1. The van der Waals surface area contributed by atoms with E-state index in [4.69, 9.17) is 9.47 Å². The molecule has 5 nitrogen and oxygen atoms in total. The zero-order chi connectivity index (χ0) is 12.3. The van der Waals surface area contributed by atoms with Crippen LogP contribution in [0.4, 0.5) is 0 Å². The Morgan fingerprint density at radius 1 is 1.59 bits per heavy atom. The number of carbonyl (C=O) groups excluding carboxylic acids is 1. The standard InChI is InChI=1S/C12H21NO4/c1-2-16-12(15)5-8(14)7-13-10-6-9-3-4-11(10)17-9/h8-11,13-14H,2-7H2,1H3. The van der Waals surface area contributed by atoms with Gasteiger partial charge < -0.3 is 19.9 Å². The Morgan fingerprint density at radius 2 is 2.41 bits per heavy atom. The number of carbonyl (C=O) groups is 1. The van der Waals surface area contributed by atoms with Crippen LogP contribution >= 0.6 is 0 Å². The number of aliphatic hydroxyl groups excluding tert-OH is 1. The summed E-state index contributed by atoms with van der Waals surface area (Å²) in [5, 5.41) is 13.0. The lowest BCUT2D eigenvalue weighted by Gasteiger charge is -2.21. The van der Waals surface area contributed by atoms with E-state index < -0.39 is 6.10 Å². The molecule has 98 valence electrons. The Bertz CT molecular complexity index is 271. The van der Waals surface area contributed by atoms with Gasteiger partial charge in [-0.2, -0.15) is 0 Å². The lowest BCUT2D eigenvalue weighted by Crippen LogP contribution is -2.42. The van der Waals surface area contributed by atoms with Gasteiger partial charge >= 0.3 is 5.97 Å². The van der Waals surface area contributed by atoms with Gasteiger partial charge in [-0.3, -0.25) is 4.79 Å². The van der Waals surface area contributed by atoms with Crippen LogP contribution in [0.15, 0.2) is 0 Å². The topological polar surface area (TPSA) is 67.8 Å². The van der Waals surface area contributed by atoms with E-state index in [1.54, 1.807) is 6.92 Å². The molecule has 2 rings (SSSR count). The normalized spacial score (nSPS) is 32.7. The van der Waals surface area contributed by atoms with E-state index in [1.165, 1.54) is 0 Å². The summed E-state index contributed by atoms with van der Waals surface area (Å²) in [4.78, 5) is 11.1. The first kappa shape index (κ1) is 12.8. The molecule has 0 saturated carbocycles. The summed E-state index contributed by atoms with van der Waals surface area (Å²) in [5.41, 5.74) is 0. The Labute approximate surface area is 101 Å². The van der Waals surface area contributed by atoms with Crippen molar-refractivity contribution < 1.29 is 19.4 Å². The van der Waals surface area contributed by atoms with Crippen LogP contribution in [0.1, 0.15) is 32.6 Å². The zero-order valence-electron chi connectivity index (χ0n) is 10.2. The van der Waals surface area contributed by atoms with Crippen molar-refractivity contribution in [3.05, 3.63) is 0 Å². The van der Waals surface area contributed by atoms with Gasteiger partial charge in [0, 0.05) is 12.6 Å². The van der Waals surface area contributed by atoms with Crippen molar-refractivity contribution in [3.8, 4) is 0 Å². The van der Waals surface area contributed by atoms with E-state index in [0.717, 1.165) is 19.3 Å². The summed E-state index contributed by atoms with van der Waals surface area (Å²) >= 11 is 0. The number of ether oxygens (including phenoxy) is 2. The fourth-order valence-corrected chi connectivity index (χ4v) is 2.62. The van der Waals surface area contributed by atoms with Gasteiger partial charge in [-0.25, -0.2) is 0 Å². The van der Waals surface area contributed by atoms with Crippen molar-refractivity contribution in [3.63, 3.8) is 0 Å². The maximum atomic E-state index is 11.1. The van der Waals surface area contributed by atoms with Gasteiger partial charge in [0.05, 0.1) is 31.3 Å². The fraction of sp³-hybridized carbons (Fsp3) is 0.917. The average molecular weight is 243 g/mol. The molecule has 2 aliphatic rings. The minimum Gasteiger partial charge on any atom is -0.466 e. The van der Waals surface area contributed by atoms with Gasteiger partial charge in [0.15, 0.2) is 0 Å². The first-order valence-electron chi connectivity index (χ1n) is 6.41. The summed E-state index contributed by atoms with van der Waals surface area (Å²) in [6.45, 7) is 2.55. The van der Waals surface area contributed by atoms with E-state index in [9.17, 15) is 9.90 Å². The first-order valence-corrected chi connectivity index (χ1v) is 6.41. The summed E-state index contributed by atoms with van der Waals surface area (Å²) in [6, 6.07) is 0.339. The molecule has 2 N–H and O–H groups in total. The molecule has 0 aliphatic carbocycles. The van der Waals surface area contributed by atoms with Crippen LogP contribution in [-0.4, -0.2) is 48.6 Å². The highest BCUT2D eigenvalue weighted by atomic mass is 16.5. The molecular formula is C12H21NO4. The molecule has 2 aliphatic heterocycles. The van der Waals surface area contributed by atoms with Gasteiger partial charge in [-0.15, -0.1) is 0 Å². The third kappa shape index (κ3) is 3.40. The smallest absolute Gasteiger partial charge is 0.308 e. The van der Waals surface area contributed by atoms with Gasteiger partial charge in [-0.05, 0) is 26.2 Å². The van der Waals surface area contributed by atoms with Crippen molar-refractivity contribution in [2.24, 2.45) is 0 Å². The molecule has 4 atom stereocenters. The van der Waals surface area contributed by atoms with Crippen LogP contribution in [0.2, 0.25) is 0 Å². The Balaban J connectivity index is 1.63. The van der Waals surface area contributed by atoms with Crippen LogP contribution < -0.4 is 5.32 Å². The van der Waals surface area contributed by atoms with Crippen LogP contribution in [0.25, 0.3) is 0 Å². The highest BCUT2D eigenvalue weighted by molar-refractivity contribution is 5.69. The van der Waals surface area contributed by atoms with E-state index in [2.05, 4.69) is 5.32 Å². The Kier molecular flexibility index (Phi) is 4.36. The van der Waals surface area contributed by atoms with Gasteiger partial charge in [-0.1, -0.05) is 0 Å². The Hall–Kier alpha value is -0.650. The minimum absolute atomic E-state index is 0.0580. The number of hydrogen-bond donors (Lipinski definition) is 2. The quantitative estimate of drug-likeness (QED) is 0.653. The lowest BCUT2D eigenvalue weighted by atomic mass is 9.95. The molecule has 2 saturated heterocycles. The molecule has 0 radical (unpaired) electrons. The number of fused-ring (bicyclic) bond motifs is 2. The molecule has 17 heavy (non-hydrogen) atoms. The van der Waals surface area contributed by atoms with Crippen LogP contribution in [0.5, 0.6) is 0 Å². The molecule has 0 aromatic rings. The monoisotopic (exact) mass is 243 g/mol. The molecule has 5 heteroatoms. The summed E-state index contributed by atoms with van der Waals surface area (Å²) in [7, 11) is 0. The molecule has 2 bridgehead atoms. The van der Waals surface area contributed by atoms with Gasteiger partial charge in [0.2, 0.25) is 0 Å². The lowest BCUT2D eigenvalue weighted by molar-refractivity contribution is -0.145. The average Bonchev–Trinajstić information content (AvgIpc) is 2.88. The molecule has 0 spiro atoms. The molecule has 0 aromatic carbocycles.